The minimum Gasteiger partial charge on any atom is -0.485 e. The van der Waals surface area contributed by atoms with Gasteiger partial charge in [0.2, 0.25) is 0 Å². The summed E-state index contributed by atoms with van der Waals surface area (Å²) < 4.78 is 20.1. The van der Waals surface area contributed by atoms with Crippen LogP contribution in [0.25, 0.3) is 0 Å². The molecule has 0 N–H and O–H groups in total. The molecule has 0 bridgehead atoms. The van der Waals surface area contributed by atoms with Crippen LogP contribution in [0.1, 0.15) is 10.4 Å². The number of hydrogen-bond acceptors (Lipinski definition) is 2. The minimum absolute atomic E-state index is 0.287. The van der Waals surface area contributed by atoms with Gasteiger partial charge >= 0.3 is 0 Å². The van der Waals surface area contributed by atoms with Gasteiger partial charge in [-0.05, 0) is 45.1 Å². The summed E-state index contributed by atoms with van der Waals surface area (Å²) in [6.45, 7) is 0.378. The Balaban J connectivity index is 2.07. The first kappa shape index (κ1) is 13.1. The maximum atomic E-state index is 13.6. The fraction of sp³-hybridized carbons (Fsp3) is 0.167. The molecule has 0 aliphatic carbocycles. The Morgan fingerprint density at radius 3 is 2.71 bits per heavy atom. The second-order valence-electron chi connectivity index (χ2n) is 3.38. The fourth-order valence-electron chi connectivity index (χ4n) is 1.32. The van der Waals surface area contributed by atoms with Crippen LogP contribution >= 0.6 is 43.2 Å². The summed E-state index contributed by atoms with van der Waals surface area (Å²) >= 11 is 8.28. The van der Waals surface area contributed by atoms with E-state index in [0.717, 1.165) is 14.9 Å². The zero-order chi connectivity index (χ0) is 12.3. The second kappa shape index (κ2) is 5.98. The average Bonchev–Trinajstić information content (AvgIpc) is 2.73. The first-order valence-corrected chi connectivity index (χ1v) is 7.69. The van der Waals surface area contributed by atoms with Gasteiger partial charge in [0.25, 0.3) is 0 Å². The standard InChI is InChI=1S/C12H9Br2FOS/c13-6-8-1-2-11(10(15)5-8)16-7-12-9(14)3-4-17-12/h1-5H,6-7H2. The lowest BCUT2D eigenvalue weighted by Crippen LogP contribution is -1.96. The number of hydrogen-bond donors (Lipinski definition) is 0. The van der Waals surface area contributed by atoms with Crippen LogP contribution in [-0.4, -0.2) is 0 Å². The molecule has 0 amide bonds. The summed E-state index contributed by atoms with van der Waals surface area (Å²) in [5, 5.41) is 2.60. The number of benzene rings is 1. The molecule has 0 aliphatic heterocycles. The molecule has 1 aromatic heterocycles. The number of alkyl halides is 1. The maximum Gasteiger partial charge on any atom is 0.165 e. The van der Waals surface area contributed by atoms with Gasteiger partial charge in [-0.2, -0.15) is 0 Å². The van der Waals surface area contributed by atoms with Gasteiger partial charge < -0.3 is 4.74 Å². The predicted molar refractivity (Wildman–Crippen MR) is 75.4 cm³/mol. The summed E-state index contributed by atoms with van der Waals surface area (Å²) in [6.07, 6.45) is 0. The lowest BCUT2D eigenvalue weighted by atomic mass is 10.2. The highest BCUT2D eigenvalue weighted by atomic mass is 79.9. The molecule has 0 saturated carbocycles. The van der Waals surface area contributed by atoms with Crippen molar-refractivity contribution in [3.8, 4) is 5.75 Å². The number of rotatable bonds is 4. The molecule has 1 aromatic carbocycles. The van der Waals surface area contributed by atoms with Gasteiger partial charge in [0.05, 0.1) is 4.88 Å². The first-order chi connectivity index (χ1) is 8.20. The summed E-state index contributed by atoms with van der Waals surface area (Å²) in [6, 6.07) is 6.94. The van der Waals surface area contributed by atoms with E-state index in [0.29, 0.717) is 11.9 Å². The van der Waals surface area contributed by atoms with Gasteiger partial charge in [-0.1, -0.05) is 22.0 Å². The van der Waals surface area contributed by atoms with Crippen LogP contribution in [0.15, 0.2) is 34.1 Å². The van der Waals surface area contributed by atoms with Gasteiger partial charge in [0, 0.05) is 9.80 Å². The molecular formula is C12H9Br2FOS. The zero-order valence-electron chi connectivity index (χ0n) is 8.75. The second-order valence-corrected chi connectivity index (χ2v) is 5.79. The Labute approximate surface area is 120 Å². The Kier molecular flexibility index (Phi) is 4.59. The van der Waals surface area contributed by atoms with Crippen molar-refractivity contribution in [2.24, 2.45) is 0 Å². The van der Waals surface area contributed by atoms with Crippen molar-refractivity contribution in [1.82, 2.24) is 0 Å². The van der Waals surface area contributed by atoms with Crippen molar-refractivity contribution in [3.63, 3.8) is 0 Å². The molecule has 1 heterocycles. The molecular weight excluding hydrogens is 371 g/mol. The Hall–Kier alpha value is -0.390. The van der Waals surface area contributed by atoms with Crippen LogP contribution in [0.4, 0.5) is 4.39 Å². The Morgan fingerprint density at radius 2 is 2.12 bits per heavy atom. The third kappa shape index (κ3) is 3.30. The van der Waals surface area contributed by atoms with E-state index in [9.17, 15) is 4.39 Å². The van der Waals surface area contributed by atoms with Crippen molar-refractivity contribution in [3.05, 3.63) is 50.4 Å². The smallest absolute Gasteiger partial charge is 0.165 e. The molecule has 0 spiro atoms. The molecule has 1 nitrogen and oxygen atoms in total. The molecule has 0 fully saturated rings. The molecule has 90 valence electrons. The van der Waals surface area contributed by atoms with E-state index >= 15 is 0 Å². The van der Waals surface area contributed by atoms with Crippen molar-refractivity contribution < 1.29 is 9.13 Å². The highest BCUT2D eigenvalue weighted by Crippen LogP contribution is 2.26. The molecule has 2 aromatic rings. The maximum absolute atomic E-state index is 13.6. The largest absolute Gasteiger partial charge is 0.485 e. The van der Waals surface area contributed by atoms with E-state index in [4.69, 9.17) is 4.74 Å². The summed E-state index contributed by atoms with van der Waals surface area (Å²) in [5.41, 5.74) is 0.896. The van der Waals surface area contributed by atoms with Gasteiger partial charge in [-0.15, -0.1) is 11.3 Å². The van der Waals surface area contributed by atoms with Crippen LogP contribution in [0.5, 0.6) is 5.75 Å². The molecule has 2 rings (SSSR count). The summed E-state index contributed by atoms with van der Waals surface area (Å²) in [5.74, 6) is -0.0374. The van der Waals surface area contributed by atoms with Crippen LogP contribution in [0.2, 0.25) is 0 Å². The minimum atomic E-state index is -0.324. The van der Waals surface area contributed by atoms with Crippen LogP contribution in [0, 0.1) is 5.82 Å². The zero-order valence-corrected chi connectivity index (χ0v) is 12.7. The highest BCUT2D eigenvalue weighted by molar-refractivity contribution is 9.10. The Morgan fingerprint density at radius 1 is 1.29 bits per heavy atom. The molecule has 0 unspecified atom stereocenters. The third-order valence-electron chi connectivity index (χ3n) is 2.20. The summed E-state index contributed by atoms with van der Waals surface area (Å²) in [4.78, 5) is 1.05. The van der Waals surface area contributed by atoms with Gasteiger partial charge in [0.15, 0.2) is 11.6 Å². The van der Waals surface area contributed by atoms with Crippen molar-refractivity contribution in [2.45, 2.75) is 11.9 Å². The van der Waals surface area contributed by atoms with E-state index in [-0.39, 0.29) is 11.6 Å². The van der Waals surface area contributed by atoms with Crippen LogP contribution in [0.3, 0.4) is 0 Å². The van der Waals surface area contributed by atoms with E-state index in [1.807, 2.05) is 17.5 Å². The van der Waals surface area contributed by atoms with Gasteiger partial charge in [-0.3, -0.25) is 0 Å². The lowest BCUT2D eigenvalue weighted by molar-refractivity contribution is 0.293. The number of ether oxygens (including phenoxy) is 1. The van der Waals surface area contributed by atoms with Crippen LogP contribution in [-0.2, 0) is 11.9 Å². The normalized spacial score (nSPS) is 10.5. The molecule has 0 aliphatic rings. The lowest BCUT2D eigenvalue weighted by Gasteiger charge is -2.07. The first-order valence-electron chi connectivity index (χ1n) is 4.90. The molecule has 0 radical (unpaired) electrons. The molecule has 0 saturated heterocycles. The van der Waals surface area contributed by atoms with Gasteiger partial charge in [0.1, 0.15) is 6.61 Å². The highest BCUT2D eigenvalue weighted by Gasteiger charge is 2.07. The fourth-order valence-corrected chi connectivity index (χ4v) is 3.04. The quantitative estimate of drug-likeness (QED) is 0.669. The van der Waals surface area contributed by atoms with Crippen molar-refractivity contribution in [2.75, 3.05) is 0 Å². The number of thiophene rings is 1. The van der Waals surface area contributed by atoms with E-state index in [1.165, 1.54) is 6.07 Å². The van der Waals surface area contributed by atoms with E-state index in [1.54, 1.807) is 17.4 Å². The predicted octanol–water partition coefficient (Wildman–Crippen LogP) is 5.12. The van der Waals surface area contributed by atoms with Crippen molar-refractivity contribution >= 4 is 43.2 Å². The molecule has 5 heteroatoms. The van der Waals surface area contributed by atoms with Crippen LogP contribution < -0.4 is 4.74 Å². The monoisotopic (exact) mass is 378 g/mol. The summed E-state index contributed by atoms with van der Waals surface area (Å²) in [7, 11) is 0. The molecule has 17 heavy (non-hydrogen) atoms. The third-order valence-corrected chi connectivity index (χ3v) is 4.75. The average molecular weight is 380 g/mol. The molecule has 0 atom stereocenters. The van der Waals surface area contributed by atoms with E-state index < -0.39 is 0 Å². The van der Waals surface area contributed by atoms with E-state index in [2.05, 4.69) is 31.9 Å². The van der Waals surface area contributed by atoms with Crippen molar-refractivity contribution in [1.29, 1.82) is 0 Å². The number of halogens is 3. The SMILES string of the molecule is Fc1cc(CBr)ccc1OCc1sccc1Br. The van der Waals surface area contributed by atoms with Gasteiger partial charge in [-0.25, -0.2) is 4.39 Å². The topological polar surface area (TPSA) is 9.23 Å². The Bertz CT molecular complexity index is 513.